The molecule has 1 atom stereocenters. The Kier molecular flexibility index (Phi) is 8.07. The van der Waals surface area contributed by atoms with E-state index in [-0.39, 0.29) is 24.0 Å². The van der Waals surface area contributed by atoms with Crippen molar-refractivity contribution in [2.24, 2.45) is 4.99 Å². The Labute approximate surface area is 156 Å². The molecule has 3 fully saturated rings. The van der Waals surface area contributed by atoms with E-state index in [1.807, 2.05) is 7.05 Å². The third kappa shape index (κ3) is 5.72. The lowest BCUT2D eigenvalue weighted by molar-refractivity contribution is 0.306. The first-order valence-electron chi connectivity index (χ1n) is 8.36. The number of rotatable bonds is 5. The fourth-order valence-corrected chi connectivity index (χ4v) is 4.20. The Morgan fingerprint density at radius 3 is 2.64 bits per heavy atom. The maximum absolute atomic E-state index is 4.37. The average molecular weight is 439 g/mol. The molecular formula is C15H30IN5S. The van der Waals surface area contributed by atoms with E-state index in [0.717, 1.165) is 25.1 Å². The Morgan fingerprint density at radius 2 is 1.95 bits per heavy atom. The van der Waals surface area contributed by atoms with E-state index in [1.165, 1.54) is 56.9 Å². The van der Waals surface area contributed by atoms with Crippen molar-refractivity contribution < 1.29 is 0 Å². The van der Waals surface area contributed by atoms with Gasteiger partial charge in [-0.05, 0) is 19.3 Å². The largest absolute Gasteiger partial charge is 0.355 e. The molecule has 0 aromatic heterocycles. The maximum atomic E-state index is 4.37. The van der Waals surface area contributed by atoms with Crippen LogP contribution in [0.4, 0.5) is 0 Å². The molecule has 0 aromatic carbocycles. The van der Waals surface area contributed by atoms with Gasteiger partial charge in [-0.15, -0.1) is 24.0 Å². The van der Waals surface area contributed by atoms with Crippen LogP contribution in [-0.2, 0) is 0 Å². The molecule has 1 saturated carbocycles. The Bertz CT molecular complexity index is 358. The van der Waals surface area contributed by atoms with Gasteiger partial charge in [0.2, 0.25) is 0 Å². The zero-order valence-corrected chi connectivity index (χ0v) is 16.7. The number of thioether (sulfide) groups is 1. The molecule has 128 valence electrons. The van der Waals surface area contributed by atoms with Crippen LogP contribution < -0.4 is 10.6 Å². The average Bonchev–Trinajstić information content (AvgIpc) is 3.27. The predicted octanol–water partition coefficient (Wildman–Crippen LogP) is 1.05. The molecule has 0 radical (unpaired) electrons. The SMILES string of the molecule is CN=C(NCCN1CCSCC1)NC1CCN(C2CC2)C1.I. The maximum Gasteiger partial charge on any atom is 0.191 e. The van der Waals surface area contributed by atoms with Gasteiger partial charge in [0.15, 0.2) is 5.96 Å². The molecule has 2 N–H and O–H groups in total. The molecule has 2 aliphatic heterocycles. The van der Waals surface area contributed by atoms with Gasteiger partial charge >= 0.3 is 0 Å². The van der Waals surface area contributed by atoms with E-state index in [9.17, 15) is 0 Å². The van der Waals surface area contributed by atoms with Gasteiger partial charge in [-0.25, -0.2) is 0 Å². The summed E-state index contributed by atoms with van der Waals surface area (Å²) in [6, 6.07) is 1.46. The highest BCUT2D eigenvalue weighted by atomic mass is 127. The first kappa shape index (κ1) is 18.6. The number of hydrogen-bond acceptors (Lipinski definition) is 4. The van der Waals surface area contributed by atoms with Crippen LogP contribution in [0.1, 0.15) is 19.3 Å². The van der Waals surface area contributed by atoms with E-state index in [4.69, 9.17) is 0 Å². The van der Waals surface area contributed by atoms with Gasteiger partial charge in [-0.3, -0.25) is 14.8 Å². The Hall–Kier alpha value is 0.270. The van der Waals surface area contributed by atoms with E-state index in [1.54, 1.807) is 0 Å². The number of guanidine groups is 1. The van der Waals surface area contributed by atoms with Gasteiger partial charge < -0.3 is 10.6 Å². The topological polar surface area (TPSA) is 42.9 Å². The summed E-state index contributed by atoms with van der Waals surface area (Å²) in [5.41, 5.74) is 0. The van der Waals surface area contributed by atoms with Crippen LogP contribution >= 0.6 is 35.7 Å². The normalized spacial score (nSPS) is 27.5. The van der Waals surface area contributed by atoms with Crippen LogP contribution in [0.2, 0.25) is 0 Å². The highest BCUT2D eigenvalue weighted by molar-refractivity contribution is 14.0. The quantitative estimate of drug-likeness (QED) is 0.381. The first-order chi connectivity index (χ1) is 10.3. The number of halogens is 1. The monoisotopic (exact) mass is 439 g/mol. The molecule has 2 saturated heterocycles. The number of aliphatic imine (C=N–C) groups is 1. The summed E-state index contributed by atoms with van der Waals surface area (Å²) in [7, 11) is 1.88. The number of likely N-dealkylation sites (tertiary alicyclic amines) is 1. The van der Waals surface area contributed by atoms with E-state index < -0.39 is 0 Å². The highest BCUT2D eigenvalue weighted by Crippen LogP contribution is 2.29. The molecule has 22 heavy (non-hydrogen) atoms. The van der Waals surface area contributed by atoms with Crippen LogP contribution in [0.25, 0.3) is 0 Å². The summed E-state index contributed by atoms with van der Waals surface area (Å²) in [5, 5.41) is 7.07. The lowest BCUT2D eigenvalue weighted by Gasteiger charge is -2.26. The van der Waals surface area contributed by atoms with Gasteiger partial charge in [0.25, 0.3) is 0 Å². The molecule has 0 aromatic rings. The lowest BCUT2D eigenvalue weighted by Crippen LogP contribution is -2.47. The molecule has 3 rings (SSSR count). The summed E-state index contributed by atoms with van der Waals surface area (Å²) in [6.45, 7) is 7.03. The van der Waals surface area contributed by atoms with Crippen molar-refractivity contribution in [3.05, 3.63) is 0 Å². The van der Waals surface area contributed by atoms with Crippen molar-refractivity contribution in [2.45, 2.75) is 31.3 Å². The minimum absolute atomic E-state index is 0. The second-order valence-electron chi connectivity index (χ2n) is 6.31. The number of nitrogens with one attached hydrogen (secondary N) is 2. The van der Waals surface area contributed by atoms with Crippen molar-refractivity contribution in [1.29, 1.82) is 0 Å². The first-order valence-corrected chi connectivity index (χ1v) is 9.52. The number of nitrogens with zero attached hydrogens (tertiary/aromatic N) is 3. The van der Waals surface area contributed by atoms with Crippen molar-refractivity contribution in [1.82, 2.24) is 20.4 Å². The van der Waals surface area contributed by atoms with Crippen LogP contribution in [-0.4, -0.2) is 85.7 Å². The van der Waals surface area contributed by atoms with Gasteiger partial charge in [-0.2, -0.15) is 11.8 Å². The molecule has 1 unspecified atom stereocenters. The summed E-state index contributed by atoms with van der Waals surface area (Å²) >= 11 is 2.07. The summed E-state index contributed by atoms with van der Waals surface area (Å²) in [5.74, 6) is 3.54. The van der Waals surface area contributed by atoms with Crippen molar-refractivity contribution in [2.75, 3.05) is 57.8 Å². The molecule has 7 heteroatoms. The zero-order chi connectivity index (χ0) is 14.5. The van der Waals surface area contributed by atoms with Crippen LogP contribution in [0.3, 0.4) is 0 Å². The van der Waals surface area contributed by atoms with Crippen LogP contribution in [0, 0.1) is 0 Å². The van der Waals surface area contributed by atoms with E-state index >= 15 is 0 Å². The van der Waals surface area contributed by atoms with Gasteiger partial charge in [0.1, 0.15) is 0 Å². The number of hydrogen-bond donors (Lipinski definition) is 2. The second-order valence-corrected chi connectivity index (χ2v) is 7.53. The third-order valence-electron chi connectivity index (χ3n) is 4.67. The Morgan fingerprint density at radius 1 is 1.18 bits per heavy atom. The van der Waals surface area contributed by atoms with Crippen LogP contribution in [0.15, 0.2) is 4.99 Å². The molecule has 5 nitrogen and oxygen atoms in total. The molecule has 1 aliphatic carbocycles. The van der Waals surface area contributed by atoms with Crippen molar-refractivity contribution in [3.8, 4) is 0 Å². The predicted molar refractivity (Wildman–Crippen MR) is 107 cm³/mol. The molecule has 0 amide bonds. The fourth-order valence-electron chi connectivity index (χ4n) is 3.22. The summed E-state index contributed by atoms with van der Waals surface area (Å²) in [6.07, 6.45) is 4.07. The second kappa shape index (κ2) is 9.54. The van der Waals surface area contributed by atoms with Gasteiger partial charge in [0, 0.05) is 69.9 Å². The third-order valence-corrected chi connectivity index (χ3v) is 5.61. The molecule has 0 bridgehead atoms. The lowest BCUT2D eigenvalue weighted by atomic mass is 10.3. The smallest absolute Gasteiger partial charge is 0.191 e. The van der Waals surface area contributed by atoms with E-state index in [0.29, 0.717) is 6.04 Å². The summed E-state index contributed by atoms with van der Waals surface area (Å²) in [4.78, 5) is 9.55. The Balaban J connectivity index is 0.00000176. The highest BCUT2D eigenvalue weighted by Gasteiger charge is 2.34. The zero-order valence-electron chi connectivity index (χ0n) is 13.6. The van der Waals surface area contributed by atoms with Crippen LogP contribution in [0.5, 0.6) is 0 Å². The molecule has 3 aliphatic rings. The standard InChI is InChI=1S/C15H29N5S.HI/c1-16-15(17-5-7-19-8-10-21-11-9-19)18-13-4-6-20(12-13)14-2-3-14;/h13-14H,2-12H2,1H3,(H2,16,17,18);1H. The van der Waals surface area contributed by atoms with E-state index in [2.05, 4.69) is 37.2 Å². The minimum atomic E-state index is 0. The molecule has 2 heterocycles. The van der Waals surface area contributed by atoms with Crippen molar-refractivity contribution >= 4 is 41.7 Å². The molecule has 0 spiro atoms. The minimum Gasteiger partial charge on any atom is -0.355 e. The summed E-state index contributed by atoms with van der Waals surface area (Å²) < 4.78 is 0. The van der Waals surface area contributed by atoms with Gasteiger partial charge in [-0.1, -0.05) is 0 Å². The van der Waals surface area contributed by atoms with Gasteiger partial charge in [0.05, 0.1) is 0 Å². The fraction of sp³-hybridized carbons (Fsp3) is 0.933. The molecular weight excluding hydrogens is 409 g/mol. The van der Waals surface area contributed by atoms with Crippen molar-refractivity contribution in [3.63, 3.8) is 0 Å².